The van der Waals surface area contributed by atoms with Crippen LogP contribution in [-0.4, -0.2) is 49.2 Å². The zero-order valence-electron chi connectivity index (χ0n) is 10.8. The van der Waals surface area contributed by atoms with Crippen LogP contribution in [0.4, 0.5) is 0 Å². The van der Waals surface area contributed by atoms with E-state index in [1.54, 1.807) is 0 Å². The van der Waals surface area contributed by atoms with Crippen LogP contribution in [0.15, 0.2) is 0 Å². The van der Waals surface area contributed by atoms with Crippen molar-refractivity contribution in [1.82, 2.24) is 5.32 Å². The first kappa shape index (κ1) is 13.3. The van der Waals surface area contributed by atoms with Crippen LogP contribution in [0.25, 0.3) is 0 Å². The van der Waals surface area contributed by atoms with Gasteiger partial charge in [0.1, 0.15) is 0 Å². The van der Waals surface area contributed by atoms with Gasteiger partial charge in [-0.05, 0) is 26.2 Å². The van der Waals surface area contributed by atoms with Crippen molar-refractivity contribution in [2.75, 3.05) is 26.4 Å². The van der Waals surface area contributed by atoms with Gasteiger partial charge in [-0.25, -0.2) is 0 Å². The molecule has 2 rings (SSSR count). The average Bonchev–Trinajstić information content (AvgIpc) is 2.95. The van der Waals surface area contributed by atoms with Gasteiger partial charge in [0.05, 0.1) is 25.4 Å². The highest BCUT2D eigenvalue weighted by Crippen LogP contribution is 2.21. The van der Waals surface area contributed by atoms with E-state index in [1.807, 2.05) is 0 Å². The average molecular weight is 243 g/mol. The lowest BCUT2D eigenvalue weighted by Gasteiger charge is -2.25. The lowest BCUT2D eigenvalue weighted by Crippen LogP contribution is -2.47. The van der Waals surface area contributed by atoms with Crippen LogP contribution in [-0.2, 0) is 9.47 Å². The summed E-state index contributed by atoms with van der Waals surface area (Å²) in [6, 6.07) is 0. The summed E-state index contributed by atoms with van der Waals surface area (Å²) in [4.78, 5) is 0. The predicted molar refractivity (Wildman–Crippen MR) is 66.1 cm³/mol. The van der Waals surface area contributed by atoms with Gasteiger partial charge in [0.15, 0.2) is 0 Å². The van der Waals surface area contributed by atoms with E-state index in [0.717, 1.165) is 32.5 Å². The number of ether oxygens (including phenoxy) is 2. The summed E-state index contributed by atoms with van der Waals surface area (Å²) in [7, 11) is 0. The molecule has 1 saturated heterocycles. The van der Waals surface area contributed by atoms with Crippen molar-refractivity contribution in [2.24, 2.45) is 0 Å². The van der Waals surface area contributed by atoms with Gasteiger partial charge in [0, 0.05) is 18.7 Å². The summed E-state index contributed by atoms with van der Waals surface area (Å²) < 4.78 is 11.0. The van der Waals surface area contributed by atoms with E-state index in [1.165, 1.54) is 12.8 Å². The highest BCUT2D eigenvalue weighted by Gasteiger charge is 2.29. The topological polar surface area (TPSA) is 50.7 Å². The summed E-state index contributed by atoms with van der Waals surface area (Å²) in [6.07, 6.45) is 5.85. The fraction of sp³-hybridized carbons (Fsp3) is 1.00. The van der Waals surface area contributed by atoms with Crippen molar-refractivity contribution in [3.63, 3.8) is 0 Å². The van der Waals surface area contributed by atoms with Gasteiger partial charge in [0.25, 0.3) is 0 Å². The summed E-state index contributed by atoms with van der Waals surface area (Å²) in [5.41, 5.74) is 0.0361. The lowest BCUT2D eigenvalue weighted by molar-refractivity contribution is -0.00792. The van der Waals surface area contributed by atoms with Crippen LogP contribution in [0.3, 0.4) is 0 Å². The molecule has 2 fully saturated rings. The van der Waals surface area contributed by atoms with Crippen LogP contribution in [0.2, 0.25) is 0 Å². The number of hydrogen-bond donors (Lipinski definition) is 2. The maximum Gasteiger partial charge on any atom is 0.0898 e. The quantitative estimate of drug-likeness (QED) is 0.733. The van der Waals surface area contributed by atoms with Crippen LogP contribution in [0, 0.1) is 0 Å². The summed E-state index contributed by atoms with van der Waals surface area (Å²) >= 11 is 0. The third-order valence-electron chi connectivity index (χ3n) is 3.81. The van der Waals surface area contributed by atoms with E-state index in [9.17, 15) is 5.11 Å². The molecule has 0 spiro atoms. The number of hydrogen-bond acceptors (Lipinski definition) is 4. The molecule has 2 atom stereocenters. The molecule has 1 aliphatic carbocycles. The molecule has 2 unspecified atom stereocenters. The Bertz CT molecular complexity index is 223. The second kappa shape index (κ2) is 6.14. The molecule has 0 radical (unpaired) electrons. The number of β-amino-alcohol motifs (C(OH)–C–C–N with tert-alkyl or cyclic N) is 1. The Morgan fingerprint density at radius 1 is 1.47 bits per heavy atom. The summed E-state index contributed by atoms with van der Waals surface area (Å²) in [5.74, 6) is 0. The van der Waals surface area contributed by atoms with Crippen LogP contribution in [0.5, 0.6) is 0 Å². The number of rotatable bonds is 6. The third-order valence-corrected chi connectivity index (χ3v) is 3.81. The van der Waals surface area contributed by atoms with E-state index in [0.29, 0.717) is 19.3 Å². The molecule has 100 valence electrons. The molecule has 4 heteroatoms. The maximum atomic E-state index is 9.86. The molecular formula is C13H25NO3. The molecule has 4 nitrogen and oxygen atoms in total. The fourth-order valence-electron chi connectivity index (χ4n) is 2.53. The molecule has 1 heterocycles. The van der Waals surface area contributed by atoms with Crippen molar-refractivity contribution in [3.05, 3.63) is 0 Å². The van der Waals surface area contributed by atoms with E-state index in [4.69, 9.17) is 9.47 Å². The highest BCUT2D eigenvalue weighted by atomic mass is 16.5. The van der Waals surface area contributed by atoms with Gasteiger partial charge in [-0.1, -0.05) is 12.8 Å². The molecule has 0 amide bonds. The van der Waals surface area contributed by atoms with Crippen molar-refractivity contribution in [3.8, 4) is 0 Å². The van der Waals surface area contributed by atoms with Crippen molar-refractivity contribution < 1.29 is 14.6 Å². The van der Waals surface area contributed by atoms with Gasteiger partial charge in [-0.15, -0.1) is 0 Å². The van der Waals surface area contributed by atoms with Gasteiger partial charge in [-0.3, -0.25) is 0 Å². The monoisotopic (exact) mass is 243 g/mol. The van der Waals surface area contributed by atoms with Gasteiger partial charge in [-0.2, -0.15) is 0 Å². The molecule has 0 aromatic rings. The summed E-state index contributed by atoms with van der Waals surface area (Å²) in [6.45, 7) is 4.74. The lowest BCUT2D eigenvalue weighted by atomic mass is 10.0. The first-order chi connectivity index (χ1) is 8.18. The number of nitrogens with one attached hydrogen (secondary N) is 1. The Morgan fingerprint density at radius 2 is 2.24 bits per heavy atom. The minimum Gasteiger partial charge on any atom is -0.389 e. The van der Waals surface area contributed by atoms with E-state index in [-0.39, 0.29) is 5.54 Å². The molecule has 0 aromatic heterocycles. The molecule has 2 aliphatic rings. The second-order valence-electron chi connectivity index (χ2n) is 5.64. The second-order valence-corrected chi connectivity index (χ2v) is 5.64. The zero-order chi connectivity index (χ0) is 12.1. The minimum absolute atomic E-state index is 0.0361. The zero-order valence-corrected chi connectivity index (χ0v) is 10.8. The number of aliphatic hydroxyl groups is 1. The smallest absolute Gasteiger partial charge is 0.0898 e. The molecule has 1 aliphatic heterocycles. The van der Waals surface area contributed by atoms with Crippen LogP contribution in [0.1, 0.15) is 39.0 Å². The SMILES string of the molecule is CC1(NCC(O)COC2CCCC2)CCOC1. The molecule has 1 saturated carbocycles. The van der Waals surface area contributed by atoms with Gasteiger partial charge in [0.2, 0.25) is 0 Å². The Morgan fingerprint density at radius 3 is 2.88 bits per heavy atom. The maximum absolute atomic E-state index is 9.86. The standard InChI is InChI=1S/C13H25NO3/c1-13(6-7-16-10-13)14-8-11(15)9-17-12-4-2-3-5-12/h11-12,14-15H,2-10H2,1H3. The van der Waals surface area contributed by atoms with Crippen LogP contribution < -0.4 is 5.32 Å². The predicted octanol–water partition coefficient (Wildman–Crippen LogP) is 1.08. The molecule has 0 bridgehead atoms. The Kier molecular flexibility index (Phi) is 4.79. The highest BCUT2D eigenvalue weighted by molar-refractivity contribution is 4.87. The summed E-state index contributed by atoms with van der Waals surface area (Å²) in [5, 5.41) is 13.2. The Hall–Kier alpha value is -0.160. The Labute approximate surface area is 104 Å². The van der Waals surface area contributed by atoms with Gasteiger partial charge < -0.3 is 19.9 Å². The minimum atomic E-state index is -0.409. The first-order valence-electron chi connectivity index (χ1n) is 6.80. The van der Waals surface area contributed by atoms with Crippen molar-refractivity contribution in [1.29, 1.82) is 0 Å². The third kappa shape index (κ3) is 4.21. The van der Waals surface area contributed by atoms with Crippen molar-refractivity contribution in [2.45, 2.75) is 56.8 Å². The van der Waals surface area contributed by atoms with E-state index < -0.39 is 6.10 Å². The van der Waals surface area contributed by atoms with Gasteiger partial charge >= 0.3 is 0 Å². The van der Waals surface area contributed by atoms with Crippen molar-refractivity contribution >= 4 is 0 Å². The first-order valence-corrected chi connectivity index (χ1v) is 6.80. The molecular weight excluding hydrogens is 218 g/mol. The molecule has 0 aromatic carbocycles. The number of aliphatic hydroxyl groups excluding tert-OH is 1. The fourth-order valence-corrected chi connectivity index (χ4v) is 2.53. The molecule has 17 heavy (non-hydrogen) atoms. The van der Waals surface area contributed by atoms with E-state index >= 15 is 0 Å². The van der Waals surface area contributed by atoms with Crippen LogP contribution >= 0.6 is 0 Å². The molecule has 2 N–H and O–H groups in total. The van der Waals surface area contributed by atoms with E-state index in [2.05, 4.69) is 12.2 Å². The largest absolute Gasteiger partial charge is 0.389 e. The Balaban J connectivity index is 1.58. The normalized spacial score (nSPS) is 32.1.